The number of carbonyl (C=O) groups is 1. The van der Waals surface area contributed by atoms with Crippen LogP contribution in [0.2, 0.25) is 0 Å². The highest BCUT2D eigenvalue weighted by Gasteiger charge is 2.26. The van der Waals surface area contributed by atoms with E-state index in [1.165, 1.54) is 12.1 Å². The van der Waals surface area contributed by atoms with Crippen LogP contribution in [-0.2, 0) is 6.42 Å². The Labute approximate surface area is 192 Å². The Bertz CT molecular complexity index is 1080. The van der Waals surface area contributed by atoms with Gasteiger partial charge in [-0.25, -0.2) is 4.39 Å². The van der Waals surface area contributed by atoms with E-state index < -0.39 is 0 Å². The minimum atomic E-state index is -0.303. The summed E-state index contributed by atoms with van der Waals surface area (Å²) in [6.07, 6.45) is 2.37. The number of nitrogens with zero attached hydrogens (tertiary/aromatic N) is 3. The topological polar surface area (TPSA) is 77.7 Å². The van der Waals surface area contributed by atoms with Crippen molar-refractivity contribution in [3.63, 3.8) is 0 Å². The van der Waals surface area contributed by atoms with E-state index in [4.69, 9.17) is 14.0 Å². The zero-order valence-corrected chi connectivity index (χ0v) is 18.9. The molecule has 1 amide bonds. The molecule has 0 atom stereocenters. The van der Waals surface area contributed by atoms with E-state index in [0.717, 1.165) is 12.8 Å². The number of benzene rings is 2. The number of hydrogen-bond acceptors (Lipinski definition) is 6. The average molecular weight is 454 g/mol. The van der Waals surface area contributed by atoms with Gasteiger partial charge in [0.1, 0.15) is 5.82 Å². The lowest BCUT2D eigenvalue weighted by molar-refractivity contribution is 0.0687. The summed E-state index contributed by atoms with van der Waals surface area (Å²) >= 11 is 0. The monoisotopic (exact) mass is 453 g/mol. The number of halogens is 1. The Hall–Kier alpha value is -3.42. The maximum atomic E-state index is 13.1. The third-order valence-electron chi connectivity index (χ3n) is 5.73. The molecular weight excluding hydrogens is 425 g/mol. The molecule has 0 N–H and O–H groups in total. The summed E-state index contributed by atoms with van der Waals surface area (Å²) in [6, 6.07) is 11.4. The van der Waals surface area contributed by atoms with Crippen molar-refractivity contribution in [2.45, 2.75) is 33.1 Å². The SMILES string of the molecule is CCOc1ccc(C(=O)N2CCC(Cc3nc(-c4ccc(F)cc4)no3)CC2)cc1OCC. The predicted molar refractivity (Wildman–Crippen MR) is 121 cm³/mol. The van der Waals surface area contributed by atoms with Crippen molar-refractivity contribution in [2.75, 3.05) is 26.3 Å². The molecule has 1 fully saturated rings. The first-order chi connectivity index (χ1) is 16.1. The molecule has 1 aliphatic heterocycles. The zero-order valence-electron chi connectivity index (χ0n) is 18.9. The molecule has 1 aliphatic rings. The van der Waals surface area contributed by atoms with Gasteiger partial charge in [-0.3, -0.25) is 4.79 Å². The maximum Gasteiger partial charge on any atom is 0.253 e. The number of ether oxygens (including phenoxy) is 2. The van der Waals surface area contributed by atoms with Crippen molar-refractivity contribution >= 4 is 5.91 Å². The first-order valence-corrected chi connectivity index (χ1v) is 11.3. The van der Waals surface area contributed by atoms with E-state index in [1.807, 2.05) is 18.7 Å². The molecule has 174 valence electrons. The van der Waals surface area contributed by atoms with Gasteiger partial charge in [0.15, 0.2) is 11.5 Å². The van der Waals surface area contributed by atoms with Crippen LogP contribution in [0.1, 0.15) is 42.9 Å². The highest BCUT2D eigenvalue weighted by molar-refractivity contribution is 5.95. The summed E-state index contributed by atoms with van der Waals surface area (Å²) in [5, 5.41) is 4.01. The summed E-state index contributed by atoms with van der Waals surface area (Å²) in [7, 11) is 0. The Morgan fingerprint density at radius 1 is 1.06 bits per heavy atom. The minimum Gasteiger partial charge on any atom is -0.490 e. The number of amides is 1. The van der Waals surface area contributed by atoms with Crippen molar-refractivity contribution in [1.29, 1.82) is 0 Å². The maximum absolute atomic E-state index is 13.1. The van der Waals surface area contributed by atoms with Crippen LogP contribution in [0.25, 0.3) is 11.4 Å². The van der Waals surface area contributed by atoms with Crippen LogP contribution in [0.4, 0.5) is 4.39 Å². The Kier molecular flexibility index (Phi) is 7.22. The fourth-order valence-electron chi connectivity index (χ4n) is 4.01. The highest BCUT2D eigenvalue weighted by atomic mass is 19.1. The third-order valence-corrected chi connectivity index (χ3v) is 5.73. The Balaban J connectivity index is 1.34. The lowest BCUT2D eigenvalue weighted by atomic mass is 9.93. The van der Waals surface area contributed by atoms with Crippen molar-refractivity contribution < 1.29 is 23.2 Å². The van der Waals surface area contributed by atoms with Crippen molar-refractivity contribution in [2.24, 2.45) is 5.92 Å². The second kappa shape index (κ2) is 10.5. The molecule has 7 nitrogen and oxygen atoms in total. The molecule has 1 saturated heterocycles. The van der Waals surface area contributed by atoms with Crippen LogP contribution in [0.3, 0.4) is 0 Å². The molecule has 1 aromatic heterocycles. The van der Waals surface area contributed by atoms with Gasteiger partial charge in [-0.15, -0.1) is 0 Å². The van der Waals surface area contributed by atoms with Crippen LogP contribution < -0.4 is 9.47 Å². The second-order valence-corrected chi connectivity index (χ2v) is 7.99. The summed E-state index contributed by atoms with van der Waals surface area (Å²) in [6.45, 7) is 6.19. The molecule has 2 heterocycles. The fraction of sp³-hybridized carbons (Fsp3) is 0.400. The van der Waals surface area contributed by atoms with Gasteiger partial charge in [0.25, 0.3) is 5.91 Å². The largest absolute Gasteiger partial charge is 0.490 e. The van der Waals surface area contributed by atoms with Gasteiger partial charge in [-0.1, -0.05) is 5.16 Å². The van der Waals surface area contributed by atoms with Crippen LogP contribution in [0, 0.1) is 11.7 Å². The van der Waals surface area contributed by atoms with Gasteiger partial charge >= 0.3 is 0 Å². The standard InChI is InChI=1S/C25H28FN3O4/c1-3-31-21-10-7-19(16-22(21)32-4-2)25(30)29-13-11-17(12-14-29)15-23-27-24(28-33-23)18-5-8-20(26)9-6-18/h5-10,16-17H,3-4,11-15H2,1-2H3. The summed E-state index contributed by atoms with van der Waals surface area (Å²) in [5.41, 5.74) is 1.31. The van der Waals surface area contributed by atoms with Gasteiger partial charge in [-0.05, 0) is 75.1 Å². The number of piperidine rings is 1. The van der Waals surface area contributed by atoms with Crippen molar-refractivity contribution in [3.8, 4) is 22.9 Å². The number of likely N-dealkylation sites (tertiary alicyclic amines) is 1. The van der Waals surface area contributed by atoms with E-state index in [9.17, 15) is 9.18 Å². The first kappa shape index (κ1) is 22.8. The molecule has 33 heavy (non-hydrogen) atoms. The zero-order chi connectivity index (χ0) is 23.2. The number of rotatable bonds is 8. The molecule has 8 heteroatoms. The van der Waals surface area contributed by atoms with Crippen LogP contribution in [-0.4, -0.2) is 47.3 Å². The quantitative estimate of drug-likeness (QED) is 0.489. The summed E-state index contributed by atoms with van der Waals surface area (Å²) < 4.78 is 29.8. The fourth-order valence-corrected chi connectivity index (χ4v) is 4.01. The molecule has 0 unspecified atom stereocenters. The van der Waals surface area contributed by atoms with E-state index >= 15 is 0 Å². The van der Waals surface area contributed by atoms with Gasteiger partial charge in [0.05, 0.1) is 13.2 Å². The highest BCUT2D eigenvalue weighted by Crippen LogP contribution is 2.30. The van der Waals surface area contributed by atoms with E-state index in [-0.39, 0.29) is 11.7 Å². The van der Waals surface area contributed by atoms with Gasteiger partial charge in [0, 0.05) is 30.6 Å². The molecule has 0 saturated carbocycles. The van der Waals surface area contributed by atoms with Crippen molar-refractivity contribution in [3.05, 3.63) is 59.7 Å². The number of carbonyl (C=O) groups excluding carboxylic acids is 1. The molecule has 2 aromatic carbocycles. The Morgan fingerprint density at radius 2 is 1.76 bits per heavy atom. The third kappa shape index (κ3) is 5.50. The summed E-state index contributed by atoms with van der Waals surface area (Å²) in [4.78, 5) is 19.4. The van der Waals surface area contributed by atoms with Crippen LogP contribution in [0.15, 0.2) is 47.0 Å². The molecule has 0 radical (unpaired) electrons. The molecule has 3 aromatic rings. The van der Waals surface area contributed by atoms with Gasteiger partial charge < -0.3 is 18.9 Å². The average Bonchev–Trinajstić information content (AvgIpc) is 3.29. The normalized spacial score (nSPS) is 14.3. The lowest BCUT2D eigenvalue weighted by Crippen LogP contribution is -2.38. The van der Waals surface area contributed by atoms with E-state index in [0.29, 0.717) is 73.0 Å². The molecular formula is C25H28FN3O4. The number of hydrogen-bond donors (Lipinski definition) is 0. The minimum absolute atomic E-state index is 0.00571. The number of aromatic nitrogens is 2. The molecule has 0 aliphatic carbocycles. The smallest absolute Gasteiger partial charge is 0.253 e. The molecule has 4 rings (SSSR count). The molecule has 0 bridgehead atoms. The second-order valence-electron chi connectivity index (χ2n) is 7.99. The predicted octanol–water partition coefficient (Wildman–Crippen LogP) is 4.77. The van der Waals surface area contributed by atoms with Crippen molar-refractivity contribution in [1.82, 2.24) is 15.0 Å². The van der Waals surface area contributed by atoms with Crippen LogP contribution in [0.5, 0.6) is 11.5 Å². The van der Waals surface area contributed by atoms with Crippen LogP contribution >= 0.6 is 0 Å². The lowest BCUT2D eigenvalue weighted by Gasteiger charge is -2.31. The first-order valence-electron chi connectivity index (χ1n) is 11.3. The van der Waals surface area contributed by atoms with E-state index in [1.54, 1.807) is 30.3 Å². The Morgan fingerprint density at radius 3 is 2.45 bits per heavy atom. The van der Waals surface area contributed by atoms with Gasteiger partial charge in [-0.2, -0.15) is 4.98 Å². The van der Waals surface area contributed by atoms with E-state index in [2.05, 4.69) is 10.1 Å². The summed E-state index contributed by atoms with van der Waals surface area (Å²) in [5.74, 6) is 2.31. The van der Waals surface area contributed by atoms with Gasteiger partial charge in [0.2, 0.25) is 11.7 Å². The molecule has 0 spiro atoms.